The van der Waals surface area contributed by atoms with E-state index in [0.717, 1.165) is 21.3 Å². The highest BCUT2D eigenvalue weighted by Gasteiger charge is 2.16. The van der Waals surface area contributed by atoms with E-state index < -0.39 is 0 Å². The first-order valence-electron chi connectivity index (χ1n) is 6.46. The molecule has 0 aliphatic rings. The minimum Gasteiger partial charge on any atom is -0.308 e. The Morgan fingerprint density at radius 2 is 1.95 bits per heavy atom. The number of aryl methyl sites for hydroxylation is 2. The summed E-state index contributed by atoms with van der Waals surface area (Å²) in [6.45, 7) is 8.25. The Kier molecular flexibility index (Phi) is 4.57. The Morgan fingerprint density at radius 3 is 2.55 bits per heavy atom. The maximum atomic E-state index is 5.53. The molecule has 0 radical (unpaired) electrons. The molecule has 0 spiro atoms. The molecule has 0 aliphatic heterocycles. The highest BCUT2D eigenvalue weighted by Crippen LogP contribution is 2.34. The molecule has 0 unspecified atom stereocenters. The van der Waals surface area contributed by atoms with Crippen LogP contribution in [0.15, 0.2) is 28.5 Å². The maximum Gasteiger partial charge on any atom is 0.147 e. The van der Waals surface area contributed by atoms with Gasteiger partial charge < -0.3 is 5.43 Å². The van der Waals surface area contributed by atoms with Crippen molar-refractivity contribution in [3.8, 4) is 0 Å². The van der Waals surface area contributed by atoms with Gasteiger partial charge in [-0.2, -0.15) is 0 Å². The fourth-order valence-corrected chi connectivity index (χ4v) is 3.23. The van der Waals surface area contributed by atoms with E-state index >= 15 is 0 Å². The molecule has 0 saturated carbocycles. The van der Waals surface area contributed by atoms with E-state index in [4.69, 9.17) is 5.84 Å². The molecular formula is C14H19N5S. The first kappa shape index (κ1) is 14.7. The Balaban J connectivity index is 2.42. The van der Waals surface area contributed by atoms with Crippen molar-refractivity contribution in [3.05, 3.63) is 35.3 Å². The zero-order chi connectivity index (χ0) is 14.7. The molecule has 2 aromatic heterocycles. The largest absolute Gasteiger partial charge is 0.308 e. The van der Waals surface area contributed by atoms with Gasteiger partial charge >= 0.3 is 0 Å². The van der Waals surface area contributed by atoms with Gasteiger partial charge in [0.05, 0.1) is 0 Å². The van der Waals surface area contributed by atoms with Gasteiger partial charge in [-0.25, -0.2) is 20.8 Å². The monoisotopic (exact) mass is 289 g/mol. The Morgan fingerprint density at radius 1 is 1.20 bits per heavy atom. The fourth-order valence-electron chi connectivity index (χ4n) is 2.05. The molecule has 0 aliphatic carbocycles. The number of nitrogens with one attached hydrogen (secondary N) is 1. The van der Waals surface area contributed by atoms with E-state index in [2.05, 4.69) is 53.3 Å². The molecular weight excluding hydrogens is 270 g/mol. The first-order valence-corrected chi connectivity index (χ1v) is 7.27. The molecule has 2 rings (SSSR count). The second-order valence-electron chi connectivity index (χ2n) is 4.97. The number of nitrogens with zero attached hydrogens (tertiary/aromatic N) is 3. The number of pyridine rings is 1. The molecule has 0 fully saturated rings. The topological polar surface area (TPSA) is 76.7 Å². The zero-order valence-corrected chi connectivity index (χ0v) is 13.0. The van der Waals surface area contributed by atoms with Crippen LogP contribution in [0, 0.1) is 13.8 Å². The van der Waals surface area contributed by atoms with Gasteiger partial charge in [-0.05, 0) is 49.2 Å². The van der Waals surface area contributed by atoms with Crippen LogP contribution in [-0.2, 0) is 0 Å². The number of hydrogen-bond acceptors (Lipinski definition) is 6. The van der Waals surface area contributed by atoms with Crippen LogP contribution < -0.4 is 11.3 Å². The lowest BCUT2D eigenvalue weighted by molar-refractivity contribution is 0.803. The maximum absolute atomic E-state index is 5.53. The Bertz CT molecular complexity index is 592. The number of hydrazine groups is 1. The van der Waals surface area contributed by atoms with Crippen LogP contribution in [0.2, 0.25) is 0 Å². The van der Waals surface area contributed by atoms with E-state index in [9.17, 15) is 0 Å². The SMILES string of the molecule is Cc1cc(C)nc(Sc2ncnc(NN)c2C(C)C)c1. The summed E-state index contributed by atoms with van der Waals surface area (Å²) in [5, 5.41) is 1.83. The van der Waals surface area contributed by atoms with Gasteiger partial charge in [0.15, 0.2) is 0 Å². The van der Waals surface area contributed by atoms with Crippen LogP contribution in [0.1, 0.15) is 36.6 Å². The molecule has 2 heterocycles. The average molecular weight is 289 g/mol. The minimum absolute atomic E-state index is 0.274. The number of rotatable bonds is 4. The van der Waals surface area contributed by atoms with Crippen molar-refractivity contribution in [1.82, 2.24) is 15.0 Å². The lowest BCUT2D eigenvalue weighted by Gasteiger charge is -2.14. The van der Waals surface area contributed by atoms with Crippen molar-refractivity contribution in [2.45, 2.75) is 43.7 Å². The first-order chi connectivity index (χ1) is 9.51. The predicted molar refractivity (Wildman–Crippen MR) is 81.8 cm³/mol. The number of nitrogens with two attached hydrogens (primary N) is 1. The number of anilines is 1. The smallest absolute Gasteiger partial charge is 0.147 e. The molecule has 0 saturated heterocycles. The van der Waals surface area contributed by atoms with E-state index in [0.29, 0.717) is 5.82 Å². The van der Waals surface area contributed by atoms with Gasteiger partial charge in [0.2, 0.25) is 0 Å². The summed E-state index contributed by atoms with van der Waals surface area (Å²) in [5.74, 6) is 6.48. The molecule has 0 atom stereocenters. The lowest BCUT2D eigenvalue weighted by atomic mass is 10.1. The third kappa shape index (κ3) is 3.26. The van der Waals surface area contributed by atoms with Crippen LogP contribution in [0.5, 0.6) is 0 Å². The zero-order valence-electron chi connectivity index (χ0n) is 12.1. The van der Waals surface area contributed by atoms with Crippen molar-refractivity contribution in [2.75, 3.05) is 5.43 Å². The quantitative estimate of drug-likeness (QED) is 0.512. The van der Waals surface area contributed by atoms with Crippen LogP contribution >= 0.6 is 11.8 Å². The molecule has 106 valence electrons. The second-order valence-corrected chi connectivity index (χ2v) is 5.98. The second kappa shape index (κ2) is 6.19. The van der Waals surface area contributed by atoms with Gasteiger partial charge in [-0.1, -0.05) is 13.8 Å². The van der Waals surface area contributed by atoms with E-state index in [1.807, 2.05) is 6.92 Å². The van der Waals surface area contributed by atoms with Gasteiger partial charge in [0.1, 0.15) is 22.2 Å². The van der Waals surface area contributed by atoms with Crippen LogP contribution in [-0.4, -0.2) is 15.0 Å². The summed E-state index contributed by atoms with van der Waals surface area (Å²) in [5.41, 5.74) is 5.85. The normalized spacial score (nSPS) is 10.9. The average Bonchev–Trinajstić information content (AvgIpc) is 2.36. The summed E-state index contributed by atoms with van der Waals surface area (Å²) in [7, 11) is 0. The molecule has 3 N–H and O–H groups in total. The summed E-state index contributed by atoms with van der Waals surface area (Å²) in [6.07, 6.45) is 1.52. The fraction of sp³-hybridized carbons (Fsp3) is 0.357. The van der Waals surface area contributed by atoms with Crippen molar-refractivity contribution >= 4 is 17.6 Å². The van der Waals surface area contributed by atoms with Crippen molar-refractivity contribution in [2.24, 2.45) is 5.84 Å². The van der Waals surface area contributed by atoms with Gasteiger partial charge in [-0.15, -0.1) is 0 Å². The molecule has 2 aromatic rings. The van der Waals surface area contributed by atoms with E-state index in [1.54, 1.807) is 11.8 Å². The van der Waals surface area contributed by atoms with Crippen molar-refractivity contribution in [3.63, 3.8) is 0 Å². The van der Waals surface area contributed by atoms with Crippen LogP contribution in [0.3, 0.4) is 0 Å². The predicted octanol–water partition coefficient (Wildman–Crippen LogP) is 3.05. The highest BCUT2D eigenvalue weighted by atomic mass is 32.2. The Hall–Kier alpha value is -1.66. The van der Waals surface area contributed by atoms with Crippen molar-refractivity contribution in [1.29, 1.82) is 0 Å². The summed E-state index contributed by atoms with van der Waals surface area (Å²) < 4.78 is 0. The molecule has 0 aromatic carbocycles. The summed E-state index contributed by atoms with van der Waals surface area (Å²) in [6, 6.07) is 4.11. The standard InChI is InChI=1S/C14H19N5S/c1-8(2)12-13(19-15)16-7-17-14(12)20-11-6-9(3)5-10(4)18-11/h5-8H,15H2,1-4H3,(H,16,17,19). The molecule has 20 heavy (non-hydrogen) atoms. The van der Waals surface area contributed by atoms with E-state index in [-0.39, 0.29) is 5.92 Å². The van der Waals surface area contributed by atoms with Crippen LogP contribution in [0.4, 0.5) is 5.82 Å². The third-order valence-electron chi connectivity index (χ3n) is 2.84. The summed E-state index contributed by atoms with van der Waals surface area (Å²) >= 11 is 1.54. The van der Waals surface area contributed by atoms with Crippen molar-refractivity contribution < 1.29 is 0 Å². The third-order valence-corrected chi connectivity index (χ3v) is 3.77. The van der Waals surface area contributed by atoms with Gasteiger partial charge in [0, 0.05) is 11.3 Å². The lowest BCUT2D eigenvalue weighted by Crippen LogP contribution is -2.13. The number of hydrogen-bond donors (Lipinski definition) is 2. The molecule has 0 bridgehead atoms. The van der Waals surface area contributed by atoms with Gasteiger partial charge in [-0.3, -0.25) is 0 Å². The summed E-state index contributed by atoms with van der Waals surface area (Å²) in [4.78, 5) is 13.1. The Labute approximate surface area is 123 Å². The van der Waals surface area contributed by atoms with Gasteiger partial charge in [0.25, 0.3) is 0 Å². The number of aromatic nitrogens is 3. The van der Waals surface area contributed by atoms with Crippen LogP contribution in [0.25, 0.3) is 0 Å². The molecule has 6 heteroatoms. The number of nitrogen functional groups attached to an aromatic ring is 1. The minimum atomic E-state index is 0.274. The highest BCUT2D eigenvalue weighted by molar-refractivity contribution is 7.99. The van der Waals surface area contributed by atoms with E-state index in [1.165, 1.54) is 11.9 Å². The molecule has 0 amide bonds. The molecule has 5 nitrogen and oxygen atoms in total.